The molecule has 4 heteroatoms. The molecule has 1 aliphatic carbocycles. The van der Waals surface area contributed by atoms with Crippen LogP contribution in [-0.4, -0.2) is 60.3 Å². The fourth-order valence-corrected chi connectivity index (χ4v) is 3.95. The second-order valence-corrected chi connectivity index (χ2v) is 7.78. The number of nitrogens with zero attached hydrogens (tertiary/aromatic N) is 3. The van der Waals surface area contributed by atoms with Gasteiger partial charge >= 0.3 is 0 Å². The summed E-state index contributed by atoms with van der Waals surface area (Å²) in [7, 11) is 0. The highest BCUT2D eigenvalue weighted by molar-refractivity contribution is 5.00. The lowest BCUT2D eigenvalue weighted by atomic mass is 9.67. The number of piperazine rings is 1. The van der Waals surface area contributed by atoms with E-state index in [4.69, 9.17) is 5.11 Å². The largest absolute Gasteiger partial charge is 0.395 e. The summed E-state index contributed by atoms with van der Waals surface area (Å²) in [5.41, 5.74) is 0.345. The molecule has 0 radical (unpaired) electrons. The predicted molar refractivity (Wildman–Crippen MR) is 84.8 cm³/mol. The summed E-state index contributed by atoms with van der Waals surface area (Å²) in [4.78, 5) is 4.86. The average molecular weight is 293 g/mol. The molecule has 0 aromatic carbocycles. The molecule has 0 aromatic rings. The summed E-state index contributed by atoms with van der Waals surface area (Å²) in [5.74, 6) is 0.926. The van der Waals surface area contributed by atoms with Crippen molar-refractivity contribution in [1.82, 2.24) is 9.80 Å². The van der Waals surface area contributed by atoms with Crippen LogP contribution in [0.4, 0.5) is 0 Å². The van der Waals surface area contributed by atoms with Gasteiger partial charge in [0.25, 0.3) is 0 Å². The van der Waals surface area contributed by atoms with Gasteiger partial charge in [0.2, 0.25) is 0 Å². The number of aliphatic hydroxyl groups excluding tert-OH is 1. The van der Waals surface area contributed by atoms with Gasteiger partial charge < -0.3 is 5.11 Å². The molecule has 0 spiro atoms. The number of rotatable bonds is 3. The lowest BCUT2D eigenvalue weighted by molar-refractivity contribution is 0.0243. The zero-order chi connectivity index (χ0) is 15.5. The Morgan fingerprint density at radius 3 is 2.33 bits per heavy atom. The van der Waals surface area contributed by atoms with Crippen LogP contribution < -0.4 is 0 Å². The first-order valence-corrected chi connectivity index (χ1v) is 8.42. The van der Waals surface area contributed by atoms with Crippen molar-refractivity contribution >= 4 is 0 Å². The van der Waals surface area contributed by atoms with Crippen molar-refractivity contribution < 1.29 is 5.11 Å². The standard InChI is InChI=1S/C17H31N3O/c1-17(2,3)15-5-4-14(13-18)16(12-15)20-8-6-19(7-9-20)10-11-21/h14-16,21H,4-12H2,1-3H3. The Morgan fingerprint density at radius 2 is 1.81 bits per heavy atom. The molecule has 1 saturated carbocycles. The van der Waals surface area contributed by atoms with Crippen molar-refractivity contribution in [1.29, 1.82) is 5.26 Å². The van der Waals surface area contributed by atoms with Crippen LogP contribution in [0.2, 0.25) is 0 Å². The molecule has 1 saturated heterocycles. The van der Waals surface area contributed by atoms with E-state index < -0.39 is 0 Å². The molecule has 0 amide bonds. The highest BCUT2D eigenvalue weighted by Gasteiger charge is 2.39. The Bertz CT molecular complexity index is 363. The molecule has 4 nitrogen and oxygen atoms in total. The number of hydrogen-bond acceptors (Lipinski definition) is 4. The summed E-state index contributed by atoms with van der Waals surface area (Å²) in [6.07, 6.45) is 3.42. The van der Waals surface area contributed by atoms with Crippen molar-refractivity contribution in [3.63, 3.8) is 0 Å². The highest BCUT2D eigenvalue weighted by Crippen LogP contribution is 2.41. The topological polar surface area (TPSA) is 50.5 Å². The Morgan fingerprint density at radius 1 is 1.14 bits per heavy atom. The molecule has 1 heterocycles. The third-order valence-electron chi connectivity index (χ3n) is 5.50. The normalized spacial score (nSPS) is 32.8. The SMILES string of the molecule is CC(C)(C)C1CCC(C#N)C(N2CCN(CCO)CC2)C1. The number of β-amino-alcohol motifs (C(OH)–C–C–N with tert-alkyl or cyclic N) is 1. The van der Waals surface area contributed by atoms with Crippen LogP contribution in [0.5, 0.6) is 0 Å². The molecule has 3 atom stereocenters. The smallest absolute Gasteiger partial charge is 0.0672 e. The van der Waals surface area contributed by atoms with Crippen molar-refractivity contribution in [2.24, 2.45) is 17.3 Å². The van der Waals surface area contributed by atoms with E-state index >= 15 is 0 Å². The molecule has 0 aromatic heterocycles. The summed E-state index contributed by atoms with van der Waals surface area (Å²) in [5, 5.41) is 18.5. The number of aliphatic hydroxyl groups is 1. The van der Waals surface area contributed by atoms with Gasteiger partial charge in [0.1, 0.15) is 0 Å². The lowest BCUT2D eigenvalue weighted by Gasteiger charge is -2.46. The Labute approximate surface area is 129 Å². The maximum atomic E-state index is 9.50. The molecular formula is C17H31N3O. The van der Waals surface area contributed by atoms with E-state index in [0.717, 1.165) is 45.1 Å². The van der Waals surface area contributed by atoms with Gasteiger partial charge in [0.15, 0.2) is 0 Å². The van der Waals surface area contributed by atoms with Crippen LogP contribution in [-0.2, 0) is 0 Å². The van der Waals surface area contributed by atoms with Crippen LogP contribution in [0.1, 0.15) is 40.0 Å². The van der Waals surface area contributed by atoms with Crippen LogP contribution in [0.3, 0.4) is 0 Å². The molecule has 1 aliphatic heterocycles. The summed E-state index contributed by atoms with van der Waals surface area (Å²) in [6, 6.07) is 3.00. The maximum absolute atomic E-state index is 9.50. The summed E-state index contributed by atoms with van der Waals surface area (Å²) < 4.78 is 0. The Hall–Kier alpha value is -0.630. The van der Waals surface area contributed by atoms with Crippen molar-refractivity contribution in [2.45, 2.75) is 46.1 Å². The third-order valence-corrected chi connectivity index (χ3v) is 5.50. The van der Waals surface area contributed by atoms with E-state index in [9.17, 15) is 5.26 Å². The van der Waals surface area contributed by atoms with E-state index in [1.807, 2.05) is 0 Å². The van der Waals surface area contributed by atoms with E-state index in [2.05, 4.69) is 36.6 Å². The van der Waals surface area contributed by atoms with Gasteiger partial charge in [-0.2, -0.15) is 5.26 Å². The number of nitriles is 1. The first-order valence-electron chi connectivity index (χ1n) is 8.42. The molecule has 2 fully saturated rings. The Kier molecular flexibility index (Phi) is 5.65. The van der Waals surface area contributed by atoms with Crippen molar-refractivity contribution in [3.8, 4) is 6.07 Å². The second kappa shape index (κ2) is 7.09. The fourth-order valence-electron chi connectivity index (χ4n) is 3.95. The van der Waals surface area contributed by atoms with Gasteiger partial charge in [0.05, 0.1) is 18.6 Å². The quantitative estimate of drug-likeness (QED) is 0.864. The molecule has 3 unspecified atom stereocenters. The molecule has 0 bridgehead atoms. The zero-order valence-electron chi connectivity index (χ0n) is 13.9. The first-order chi connectivity index (χ1) is 9.95. The van der Waals surface area contributed by atoms with E-state index in [-0.39, 0.29) is 12.5 Å². The van der Waals surface area contributed by atoms with Crippen LogP contribution in [0, 0.1) is 28.6 Å². The van der Waals surface area contributed by atoms with Gasteiger partial charge in [0, 0.05) is 38.8 Å². The minimum atomic E-state index is 0.202. The molecule has 2 rings (SSSR count). The third kappa shape index (κ3) is 4.18. The summed E-state index contributed by atoms with van der Waals surface area (Å²) >= 11 is 0. The van der Waals surface area contributed by atoms with Gasteiger partial charge in [-0.05, 0) is 30.6 Å². The molecule has 1 N–H and O–H groups in total. The van der Waals surface area contributed by atoms with Crippen LogP contribution in [0.15, 0.2) is 0 Å². The van der Waals surface area contributed by atoms with Gasteiger partial charge in [-0.1, -0.05) is 20.8 Å². The van der Waals surface area contributed by atoms with Crippen LogP contribution in [0.25, 0.3) is 0 Å². The average Bonchev–Trinajstić information content (AvgIpc) is 2.47. The lowest BCUT2D eigenvalue weighted by Crippen LogP contribution is -2.54. The maximum Gasteiger partial charge on any atom is 0.0672 e. The Balaban J connectivity index is 1.97. The van der Waals surface area contributed by atoms with Crippen molar-refractivity contribution in [2.75, 3.05) is 39.3 Å². The van der Waals surface area contributed by atoms with Gasteiger partial charge in [-0.15, -0.1) is 0 Å². The minimum absolute atomic E-state index is 0.202. The molecular weight excluding hydrogens is 262 g/mol. The monoisotopic (exact) mass is 293 g/mol. The molecule has 21 heavy (non-hydrogen) atoms. The first kappa shape index (κ1) is 16.7. The number of hydrogen-bond donors (Lipinski definition) is 1. The summed E-state index contributed by atoms with van der Waals surface area (Å²) in [6.45, 7) is 12.2. The van der Waals surface area contributed by atoms with Gasteiger partial charge in [-0.3, -0.25) is 9.80 Å². The van der Waals surface area contributed by atoms with E-state index in [1.165, 1.54) is 12.8 Å². The highest BCUT2D eigenvalue weighted by atomic mass is 16.3. The second-order valence-electron chi connectivity index (χ2n) is 7.78. The molecule has 2 aliphatic rings. The fraction of sp³-hybridized carbons (Fsp3) is 0.941. The van der Waals surface area contributed by atoms with E-state index in [0.29, 0.717) is 11.5 Å². The predicted octanol–water partition coefficient (Wildman–Crippen LogP) is 1.95. The van der Waals surface area contributed by atoms with E-state index in [1.54, 1.807) is 0 Å². The van der Waals surface area contributed by atoms with Gasteiger partial charge in [-0.25, -0.2) is 0 Å². The zero-order valence-corrected chi connectivity index (χ0v) is 13.9. The van der Waals surface area contributed by atoms with Crippen molar-refractivity contribution in [3.05, 3.63) is 0 Å². The molecule has 120 valence electrons. The van der Waals surface area contributed by atoms with Crippen LogP contribution >= 0.6 is 0 Å². The minimum Gasteiger partial charge on any atom is -0.395 e.